The number of nitrogens with zero attached hydrogens (tertiary/aromatic N) is 1. The van der Waals surface area contributed by atoms with Crippen LogP contribution in [0.2, 0.25) is 0 Å². The monoisotopic (exact) mass is 356 g/mol. The third-order valence-electron chi connectivity index (χ3n) is 5.70. The number of rotatable bonds is 19. The SMILES string of the molecule is CCCCCCCCCCCCCCCCCCC(CO)[N+](C)(C)C. The minimum absolute atomic E-state index is 0.322. The smallest absolute Gasteiger partial charge is 0.112 e. The van der Waals surface area contributed by atoms with E-state index in [1.54, 1.807) is 0 Å². The van der Waals surface area contributed by atoms with Crippen molar-refractivity contribution in [2.75, 3.05) is 27.7 Å². The molecule has 0 spiro atoms. The average molecular weight is 357 g/mol. The van der Waals surface area contributed by atoms with Crippen LogP contribution in [0.1, 0.15) is 116 Å². The zero-order valence-electron chi connectivity index (χ0n) is 18.2. The molecule has 1 atom stereocenters. The standard InChI is InChI=1S/C23H50NO/c1-5-6-7-8-9-10-11-12-13-14-15-16-17-18-19-20-21-23(22-25)24(2,3)4/h23,25H,5-22H2,1-4H3/q+1. The average Bonchev–Trinajstić information content (AvgIpc) is 2.56. The number of unbranched alkanes of at least 4 members (excludes halogenated alkanes) is 15. The largest absolute Gasteiger partial charge is 0.390 e. The molecule has 0 aliphatic heterocycles. The van der Waals surface area contributed by atoms with Gasteiger partial charge in [0.2, 0.25) is 0 Å². The topological polar surface area (TPSA) is 20.2 Å². The van der Waals surface area contributed by atoms with Crippen molar-refractivity contribution in [3.05, 3.63) is 0 Å². The molecule has 0 saturated heterocycles. The fourth-order valence-electron chi connectivity index (χ4n) is 3.65. The number of hydrogen-bond acceptors (Lipinski definition) is 1. The second-order valence-electron chi connectivity index (χ2n) is 9.04. The van der Waals surface area contributed by atoms with Crippen LogP contribution in [-0.2, 0) is 0 Å². The summed E-state index contributed by atoms with van der Waals surface area (Å²) < 4.78 is 0.884. The third-order valence-corrected chi connectivity index (χ3v) is 5.70. The van der Waals surface area contributed by atoms with E-state index >= 15 is 0 Å². The van der Waals surface area contributed by atoms with Gasteiger partial charge in [0, 0.05) is 6.42 Å². The van der Waals surface area contributed by atoms with Gasteiger partial charge in [0.1, 0.15) is 6.04 Å². The molecule has 0 aliphatic carbocycles. The first-order valence-electron chi connectivity index (χ1n) is 11.4. The maximum absolute atomic E-state index is 9.47. The highest BCUT2D eigenvalue weighted by Crippen LogP contribution is 2.16. The van der Waals surface area contributed by atoms with Crippen molar-refractivity contribution in [1.29, 1.82) is 0 Å². The van der Waals surface area contributed by atoms with E-state index < -0.39 is 0 Å². The Morgan fingerprint density at radius 3 is 1.16 bits per heavy atom. The lowest BCUT2D eigenvalue weighted by Crippen LogP contribution is -2.47. The number of hydrogen-bond donors (Lipinski definition) is 1. The molecule has 25 heavy (non-hydrogen) atoms. The van der Waals surface area contributed by atoms with Gasteiger partial charge in [-0.1, -0.05) is 103 Å². The van der Waals surface area contributed by atoms with E-state index in [4.69, 9.17) is 0 Å². The van der Waals surface area contributed by atoms with E-state index in [0.717, 1.165) is 4.48 Å². The van der Waals surface area contributed by atoms with Crippen molar-refractivity contribution < 1.29 is 9.59 Å². The number of aliphatic hydroxyl groups excluding tert-OH is 1. The molecule has 0 radical (unpaired) electrons. The lowest BCUT2D eigenvalue weighted by atomic mass is 10.0. The normalized spacial score (nSPS) is 13.3. The predicted molar refractivity (Wildman–Crippen MR) is 113 cm³/mol. The van der Waals surface area contributed by atoms with Crippen LogP contribution in [0, 0.1) is 0 Å². The van der Waals surface area contributed by atoms with Gasteiger partial charge in [0.15, 0.2) is 0 Å². The lowest BCUT2D eigenvalue weighted by Gasteiger charge is -2.33. The molecule has 0 aromatic carbocycles. The van der Waals surface area contributed by atoms with Gasteiger partial charge in [0.25, 0.3) is 0 Å². The van der Waals surface area contributed by atoms with Crippen LogP contribution in [0.4, 0.5) is 0 Å². The number of quaternary nitrogens is 1. The van der Waals surface area contributed by atoms with Crippen molar-refractivity contribution in [2.45, 2.75) is 122 Å². The first-order valence-corrected chi connectivity index (χ1v) is 11.4. The molecule has 0 amide bonds. The summed E-state index contributed by atoms with van der Waals surface area (Å²) in [5.74, 6) is 0. The van der Waals surface area contributed by atoms with Gasteiger partial charge in [-0.25, -0.2) is 0 Å². The van der Waals surface area contributed by atoms with E-state index in [0.29, 0.717) is 12.6 Å². The van der Waals surface area contributed by atoms with Gasteiger partial charge in [0.05, 0.1) is 27.7 Å². The molecule has 0 aliphatic rings. The number of likely N-dealkylation sites (N-methyl/N-ethyl adjacent to an activating group) is 1. The summed E-state index contributed by atoms with van der Waals surface area (Å²) in [6.07, 6.45) is 23.9. The van der Waals surface area contributed by atoms with Crippen LogP contribution in [0.3, 0.4) is 0 Å². The summed E-state index contributed by atoms with van der Waals surface area (Å²) in [7, 11) is 6.56. The zero-order valence-corrected chi connectivity index (χ0v) is 18.2. The molecule has 0 fully saturated rings. The summed E-state index contributed by atoms with van der Waals surface area (Å²) in [4.78, 5) is 0. The molecular weight excluding hydrogens is 306 g/mol. The maximum atomic E-state index is 9.47. The van der Waals surface area contributed by atoms with Gasteiger partial charge < -0.3 is 9.59 Å². The van der Waals surface area contributed by atoms with Gasteiger partial charge in [-0.05, 0) is 6.42 Å². The quantitative estimate of drug-likeness (QED) is 0.201. The molecule has 1 N–H and O–H groups in total. The van der Waals surface area contributed by atoms with Crippen LogP contribution >= 0.6 is 0 Å². The van der Waals surface area contributed by atoms with Gasteiger partial charge in [-0.15, -0.1) is 0 Å². The molecule has 0 bridgehead atoms. The molecular formula is C23H50NO+. The molecule has 2 nitrogen and oxygen atoms in total. The third kappa shape index (κ3) is 17.1. The summed E-state index contributed by atoms with van der Waals surface area (Å²) in [5.41, 5.74) is 0. The highest BCUT2D eigenvalue weighted by atomic mass is 16.3. The Morgan fingerprint density at radius 2 is 0.880 bits per heavy atom. The zero-order chi connectivity index (χ0) is 18.8. The molecule has 0 rings (SSSR count). The molecule has 0 saturated carbocycles. The van der Waals surface area contributed by atoms with Gasteiger partial charge in [-0.2, -0.15) is 0 Å². The molecule has 152 valence electrons. The number of aliphatic hydroxyl groups is 1. The van der Waals surface area contributed by atoms with Crippen molar-refractivity contribution in [2.24, 2.45) is 0 Å². The van der Waals surface area contributed by atoms with Crippen molar-refractivity contribution >= 4 is 0 Å². The van der Waals surface area contributed by atoms with Crippen molar-refractivity contribution in [3.8, 4) is 0 Å². The Bertz CT molecular complexity index is 259. The summed E-state index contributed by atoms with van der Waals surface area (Å²) in [6, 6.07) is 0.409. The van der Waals surface area contributed by atoms with Crippen LogP contribution in [-0.4, -0.2) is 43.4 Å². The van der Waals surface area contributed by atoms with Gasteiger partial charge >= 0.3 is 0 Å². The Kier molecular flexibility index (Phi) is 17.3. The maximum Gasteiger partial charge on any atom is 0.112 e. The van der Waals surface area contributed by atoms with E-state index in [2.05, 4.69) is 28.1 Å². The highest BCUT2D eigenvalue weighted by Gasteiger charge is 2.21. The molecule has 1 unspecified atom stereocenters. The van der Waals surface area contributed by atoms with Crippen LogP contribution in [0.15, 0.2) is 0 Å². The van der Waals surface area contributed by atoms with E-state index in [1.807, 2.05) is 0 Å². The predicted octanol–water partition coefficient (Wildman–Crippen LogP) is 6.71. The Labute approximate surface area is 160 Å². The van der Waals surface area contributed by atoms with E-state index in [1.165, 1.54) is 109 Å². The van der Waals surface area contributed by atoms with Crippen LogP contribution < -0.4 is 0 Å². The first-order chi connectivity index (χ1) is 12.0. The molecule has 0 aromatic heterocycles. The van der Waals surface area contributed by atoms with Crippen LogP contribution in [0.25, 0.3) is 0 Å². The van der Waals surface area contributed by atoms with Crippen molar-refractivity contribution in [3.63, 3.8) is 0 Å². The van der Waals surface area contributed by atoms with E-state index in [9.17, 15) is 5.11 Å². The second kappa shape index (κ2) is 17.3. The van der Waals surface area contributed by atoms with E-state index in [-0.39, 0.29) is 0 Å². The first kappa shape index (κ1) is 24.9. The Morgan fingerprint density at radius 1 is 0.560 bits per heavy atom. The Hall–Kier alpha value is -0.0800. The fraction of sp³-hybridized carbons (Fsp3) is 1.00. The Balaban J connectivity index is 3.19. The molecule has 0 heterocycles. The molecule has 0 aromatic rings. The summed E-state index contributed by atoms with van der Waals surface area (Å²) in [5, 5.41) is 9.47. The van der Waals surface area contributed by atoms with Gasteiger partial charge in [-0.3, -0.25) is 0 Å². The minimum atomic E-state index is 0.322. The highest BCUT2D eigenvalue weighted by molar-refractivity contribution is 4.57. The fourth-order valence-corrected chi connectivity index (χ4v) is 3.65. The molecule has 2 heteroatoms. The summed E-state index contributed by atoms with van der Waals surface area (Å²) >= 11 is 0. The minimum Gasteiger partial charge on any atom is -0.390 e. The van der Waals surface area contributed by atoms with Crippen molar-refractivity contribution in [1.82, 2.24) is 0 Å². The second-order valence-corrected chi connectivity index (χ2v) is 9.04. The van der Waals surface area contributed by atoms with Crippen LogP contribution in [0.5, 0.6) is 0 Å². The lowest BCUT2D eigenvalue weighted by molar-refractivity contribution is -0.897. The summed E-state index contributed by atoms with van der Waals surface area (Å²) in [6.45, 7) is 2.61.